The van der Waals surface area contributed by atoms with Crippen LogP contribution in [0.3, 0.4) is 0 Å². The van der Waals surface area contributed by atoms with Gasteiger partial charge in [0.2, 0.25) is 21.8 Å². The van der Waals surface area contributed by atoms with Crippen LogP contribution in [0.1, 0.15) is 32.3 Å². The molecule has 0 aliphatic carbocycles. The standard InChI is InChI=1S/C24H32ClN3O5S/c1-5-6-14-26-24(30)18(2)27(16-19-10-8-7-9-11-19)23(29)17-28(34(4,31)32)20-12-13-22(33-3)21(25)15-20/h7-13,15,18H,5-6,14,16-17H2,1-4H3,(H,26,30)/t18-/m1/s1. The van der Waals surface area contributed by atoms with Crippen molar-refractivity contribution in [2.45, 2.75) is 39.3 Å². The van der Waals surface area contributed by atoms with Crippen molar-refractivity contribution in [1.82, 2.24) is 10.2 Å². The third-order valence-corrected chi connectivity index (χ3v) is 6.73. The van der Waals surface area contributed by atoms with E-state index < -0.39 is 28.5 Å². The highest BCUT2D eigenvalue weighted by Crippen LogP contribution is 2.30. The highest BCUT2D eigenvalue weighted by Gasteiger charge is 2.30. The number of sulfonamides is 1. The second kappa shape index (κ2) is 12.6. The van der Waals surface area contributed by atoms with E-state index in [2.05, 4.69) is 5.32 Å². The van der Waals surface area contributed by atoms with Crippen LogP contribution in [0.4, 0.5) is 5.69 Å². The fraction of sp³-hybridized carbons (Fsp3) is 0.417. The molecule has 0 aromatic heterocycles. The van der Waals surface area contributed by atoms with Crippen molar-refractivity contribution in [3.8, 4) is 5.75 Å². The molecule has 0 unspecified atom stereocenters. The number of anilines is 1. The Kier molecular flexibility index (Phi) is 10.2. The van der Waals surface area contributed by atoms with Gasteiger partial charge in [0.05, 0.1) is 24.1 Å². The van der Waals surface area contributed by atoms with Crippen molar-refractivity contribution in [1.29, 1.82) is 0 Å². The predicted molar refractivity (Wildman–Crippen MR) is 135 cm³/mol. The number of benzene rings is 2. The average molecular weight is 510 g/mol. The largest absolute Gasteiger partial charge is 0.495 e. The highest BCUT2D eigenvalue weighted by molar-refractivity contribution is 7.92. The van der Waals surface area contributed by atoms with Gasteiger partial charge in [-0.1, -0.05) is 55.3 Å². The maximum Gasteiger partial charge on any atom is 0.244 e. The molecule has 186 valence electrons. The molecule has 2 amide bonds. The Labute approximate surface area is 206 Å². The predicted octanol–water partition coefficient (Wildman–Crippen LogP) is 3.45. The number of ether oxygens (including phenoxy) is 1. The summed E-state index contributed by atoms with van der Waals surface area (Å²) in [6.07, 6.45) is 2.76. The monoisotopic (exact) mass is 509 g/mol. The molecule has 0 radical (unpaired) electrons. The fourth-order valence-corrected chi connectivity index (χ4v) is 4.42. The molecule has 0 heterocycles. The van der Waals surface area contributed by atoms with Crippen LogP contribution in [0.5, 0.6) is 5.75 Å². The number of amides is 2. The van der Waals surface area contributed by atoms with E-state index in [1.807, 2.05) is 37.3 Å². The lowest BCUT2D eigenvalue weighted by Gasteiger charge is -2.31. The number of hydrogen-bond acceptors (Lipinski definition) is 5. The zero-order valence-electron chi connectivity index (χ0n) is 20.0. The second-order valence-electron chi connectivity index (χ2n) is 7.92. The molecule has 0 saturated carbocycles. The van der Waals surface area contributed by atoms with Gasteiger partial charge in [0.25, 0.3) is 0 Å². The average Bonchev–Trinajstić information content (AvgIpc) is 2.80. The van der Waals surface area contributed by atoms with Crippen LogP contribution < -0.4 is 14.4 Å². The molecule has 1 N–H and O–H groups in total. The third kappa shape index (κ3) is 7.63. The first kappa shape index (κ1) is 27.5. The van der Waals surface area contributed by atoms with Crippen LogP contribution in [-0.4, -0.2) is 57.6 Å². The Hall–Kier alpha value is -2.78. The smallest absolute Gasteiger partial charge is 0.244 e. The summed E-state index contributed by atoms with van der Waals surface area (Å²) < 4.78 is 31.3. The lowest BCUT2D eigenvalue weighted by molar-refractivity contribution is -0.139. The molecule has 2 aromatic carbocycles. The Morgan fingerprint density at radius 3 is 2.38 bits per heavy atom. The Balaban J connectivity index is 2.35. The van der Waals surface area contributed by atoms with Crippen molar-refractivity contribution in [3.05, 3.63) is 59.1 Å². The van der Waals surface area contributed by atoms with Gasteiger partial charge < -0.3 is 15.0 Å². The highest BCUT2D eigenvalue weighted by atomic mass is 35.5. The maximum absolute atomic E-state index is 13.4. The Bertz CT molecular complexity index is 1080. The molecule has 2 aromatic rings. The van der Waals surface area contributed by atoms with E-state index in [-0.39, 0.29) is 23.2 Å². The zero-order valence-corrected chi connectivity index (χ0v) is 21.5. The summed E-state index contributed by atoms with van der Waals surface area (Å²) in [5.74, 6) is -0.427. The lowest BCUT2D eigenvalue weighted by atomic mass is 10.1. The molecule has 0 spiro atoms. The molecule has 1 atom stereocenters. The van der Waals surface area contributed by atoms with Gasteiger partial charge in [-0.3, -0.25) is 13.9 Å². The SMILES string of the molecule is CCCCNC(=O)[C@@H](C)N(Cc1ccccc1)C(=O)CN(c1ccc(OC)c(Cl)c1)S(C)(=O)=O. The topological polar surface area (TPSA) is 96.0 Å². The molecule has 8 nitrogen and oxygen atoms in total. The normalized spacial score (nSPS) is 12.0. The van der Waals surface area contributed by atoms with Crippen molar-refractivity contribution in [2.24, 2.45) is 0 Å². The quantitative estimate of drug-likeness (QED) is 0.442. The van der Waals surface area contributed by atoms with Crippen molar-refractivity contribution < 1.29 is 22.7 Å². The molecule has 34 heavy (non-hydrogen) atoms. The number of hydrogen-bond donors (Lipinski definition) is 1. The van der Waals surface area contributed by atoms with Crippen LogP contribution in [0.25, 0.3) is 0 Å². The van der Waals surface area contributed by atoms with Gasteiger partial charge in [0.15, 0.2) is 0 Å². The summed E-state index contributed by atoms with van der Waals surface area (Å²) in [5.41, 5.74) is 1.05. The number of nitrogens with zero attached hydrogens (tertiary/aromatic N) is 2. The number of nitrogens with one attached hydrogen (secondary N) is 1. The molecule has 0 bridgehead atoms. The van der Waals surface area contributed by atoms with Crippen LogP contribution >= 0.6 is 11.6 Å². The van der Waals surface area contributed by atoms with E-state index >= 15 is 0 Å². The Morgan fingerprint density at radius 1 is 1.15 bits per heavy atom. The number of carbonyl (C=O) groups is 2. The van der Waals surface area contributed by atoms with Crippen molar-refractivity contribution in [3.63, 3.8) is 0 Å². The zero-order chi connectivity index (χ0) is 25.3. The number of methoxy groups -OCH3 is 1. The summed E-state index contributed by atoms with van der Waals surface area (Å²) in [6, 6.07) is 12.9. The Morgan fingerprint density at radius 2 is 1.82 bits per heavy atom. The minimum atomic E-state index is -3.83. The molecule has 0 aliphatic rings. The molecule has 10 heteroatoms. The van der Waals surface area contributed by atoms with Crippen LogP contribution in [0.15, 0.2) is 48.5 Å². The third-order valence-electron chi connectivity index (χ3n) is 5.30. The van der Waals surface area contributed by atoms with E-state index in [1.54, 1.807) is 6.92 Å². The van der Waals surface area contributed by atoms with Gasteiger partial charge in [0, 0.05) is 13.1 Å². The van der Waals surface area contributed by atoms with E-state index in [0.717, 1.165) is 29.0 Å². The number of rotatable bonds is 12. The van der Waals surface area contributed by atoms with Crippen LogP contribution in [0.2, 0.25) is 5.02 Å². The van der Waals surface area contributed by atoms with Crippen molar-refractivity contribution >= 4 is 39.1 Å². The van der Waals surface area contributed by atoms with Crippen molar-refractivity contribution in [2.75, 3.05) is 30.8 Å². The maximum atomic E-state index is 13.4. The van der Waals surface area contributed by atoms with E-state index in [4.69, 9.17) is 16.3 Å². The number of carbonyl (C=O) groups excluding carboxylic acids is 2. The second-order valence-corrected chi connectivity index (χ2v) is 10.2. The minimum Gasteiger partial charge on any atom is -0.495 e. The van der Waals surface area contributed by atoms with Crippen LogP contribution in [-0.2, 0) is 26.2 Å². The van der Waals surface area contributed by atoms with Crippen LogP contribution in [0, 0.1) is 0 Å². The first-order chi connectivity index (χ1) is 16.1. The molecular weight excluding hydrogens is 478 g/mol. The first-order valence-electron chi connectivity index (χ1n) is 11.0. The molecule has 0 fully saturated rings. The van der Waals surface area contributed by atoms with E-state index in [9.17, 15) is 18.0 Å². The molecule has 0 saturated heterocycles. The van der Waals surface area contributed by atoms with Gasteiger partial charge in [0.1, 0.15) is 18.3 Å². The summed E-state index contributed by atoms with van der Waals surface area (Å²) >= 11 is 6.19. The van der Waals surface area contributed by atoms with E-state index in [1.165, 1.54) is 30.2 Å². The molecular formula is C24H32ClN3O5S. The summed E-state index contributed by atoms with van der Waals surface area (Å²) in [7, 11) is -2.38. The van der Waals surface area contributed by atoms with Gasteiger partial charge in [-0.05, 0) is 37.1 Å². The van der Waals surface area contributed by atoms with Gasteiger partial charge in [-0.2, -0.15) is 0 Å². The summed E-state index contributed by atoms with van der Waals surface area (Å²) in [4.78, 5) is 27.6. The fourth-order valence-electron chi connectivity index (χ4n) is 3.32. The van der Waals surface area contributed by atoms with Gasteiger partial charge >= 0.3 is 0 Å². The molecule has 2 rings (SSSR count). The molecule has 0 aliphatic heterocycles. The first-order valence-corrected chi connectivity index (χ1v) is 13.2. The summed E-state index contributed by atoms with van der Waals surface area (Å²) in [5, 5.41) is 3.06. The van der Waals surface area contributed by atoms with Gasteiger partial charge in [-0.15, -0.1) is 0 Å². The van der Waals surface area contributed by atoms with Gasteiger partial charge in [-0.25, -0.2) is 8.42 Å². The van der Waals surface area contributed by atoms with E-state index in [0.29, 0.717) is 12.3 Å². The summed E-state index contributed by atoms with van der Waals surface area (Å²) in [6.45, 7) is 3.83. The number of halogens is 1. The minimum absolute atomic E-state index is 0.156. The number of unbranched alkanes of at least 4 members (excludes halogenated alkanes) is 1. The lowest BCUT2D eigenvalue weighted by Crippen LogP contribution is -2.51.